The number of hydrogen-bond acceptors (Lipinski definition) is 9. The fourth-order valence-electron chi connectivity index (χ4n) is 7.35. The van der Waals surface area contributed by atoms with Crippen molar-refractivity contribution in [3.63, 3.8) is 0 Å². The number of carbonyl (C=O) groups is 5. The van der Waals surface area contributed by atoms with Gasteiger partial charge < -0.3 is 15.0 Å². The molecule has 1 fully saturated rings. The van der Waals surface area contributed by atoms with Crippen molar-refractivity contribution in [3.8, 4) is 0 Å². The summed E-state index contributed by atoms with van der Waals surface area (Å²) in [7, 11) is 3.78. The van der Waals surface area contributed by atoms with Crippen LogP contribution in [0.2, 0.25) is 0 Å². The Morgan fingerprint density at radius 3 is 2.30 bits per heavy atom. The van der Waals surface area contributed by atoms with Gasteiger partial charge in [-0.1, -0.05) is 85.2 Å². The van der Waals surface area contributed by atoms with Crippen LogP contribution in [-0.4, -0.2) is 82.9 Å². The second kappa shape index (κ2) is 19.8. The summed E-state index contributed by atoms with van der Waals surface area (Å²) in [5.74, 6) is -1.49. The molecule has 294 valence electrons. The molecule has 0 aliphatic carbocycles. The van der Waals surface area contributed by atoms with E-state index in [1.54, 1.807) is 24.3 Å². The van der Waals surface area contributed by atoms with Crippen LogP contribution in [0.15, 0.2) is 35.7 Å². The van der Waals surface area contributed by atoms with Crippen molar-refractivity contribution in [2.24, 2.45) is 29.1 Å². The minimum atomic E-state index is -0.790. The molecule has 0 saturated carbocycles. The SMILES string of the molecule is CC[C@H](C)[C@H](CC(=O)[C@H]1CC(C)(C)CCN1C)C(=O)N(C)[C@H](C[C@@H](OC(C)=O)c1nc(C(=O)N[C@@H](Cc2ccccc2)C[C@H](C)C(C)=O)cs1)C(C)C. The first-order valence-corrected chi connectivity index (χ1v) is 20.2. The molecule has 2 amide bonds. The summed E-state index contributed by atoms with van der Waals surface area (Å²) in [6.07, 6.45) is 3.28. The number of nitrogens with zero attached hydrogens (tertiary/aromatic N) is 3. The van der Waals surface area contributed by atoms with Gasteiger partial charge in [0.25, 0.3) is 5.91 Å². The van der Waals surface area contributed by atoms with E-state index in [2.05, 4.69) is 29.0 Å². The summed E-state index contributed by atoms with van der Waals surface area (Å²) in [4.78, 5) is 74.8. The highest BCUT2D eigenvalue weighted by Gasteiger charge is 2.40. The molecule has 1 saturated heterocycles. The number of esters is 1. The average molecular weight is 753 g/mol. The van der Waals surface area contributed by atoms with E-state index < -0.39 is 18.0 Å². The van der Waals surface area contributed by atoms with Crippen LogP contribution in [0.5, 0.6) is 0 Å². The third kappa shape index (κ3) is 12.8. The molecule has 1 N–H and O–H groups in total. The third-order valence-electron chi connectivity index (χ3n) is 11.3. The number of ketones is 2. The van der Waals surface area contributed by atoms with E-state index >= 15 is 0 Å². The van der Waals surface area contributed by atoms with Gasteiger partial charge in [-0.05, 0) is 69.0 Å². The van der Waals surface area contributed by atoms with E-state index in [1.165, 1.54) is 18.3 Å². The number of thiazole rings is 1. The standard InChI is InChI=1S/C42H64N4O6S/c1-12-27(4)33(22-37(49)36-24-42(8,9)18-19-45(36)10)41(51)46(11)35(26(2)3)23-38(52-30(7)48)40-44-34(25-53-40)39(50)43-32(20-28(5)29(6)47)21-31-16-14-13-15-17-31/h13-17,25-28,32-33,35-36,38H,12,18-24H2,1-11H3,(H,43,50)/t27-,28-,32+,33-,35+,36+,38+/m0/s1. The molecule has 1 aliphatic rings. The number of piperidine rings is 1. The topological polar surface area (TPSA) is 126 Å². The first kappa shape index (κ1) is 44.0. The first-order valence-electron chi connectivity index (χ1n) is 19.3. The highest BCUT2D eigenvalue weighted by molar-refractivity contribution is 7.09. The smallest absolute Gasteiger partial charge is 0.303 e. The number of benzene rings is 1. The van der Waals surface area contributed by atoms with E-state index in [-0.39, 0.29) is 83.2 Å². The maximum absolute atomic E-state index is 14.4. The molecule has 1 aliphatic heterocycles. The predicted octanol–water partition coefficient (Wildman–Crippen LogP) is 7.32. The van der Waals surface area contributed by atoms with Gasteiger partial charge in [-0.15, -0.1) is 11.3 Å². The van der Waals surface area contributed by atoms with Gasteiger partial charge in [-0.2, -0.15) is 0 Å². The van der Waals surface area contributed by atoms with Crippen molar-refractivity contribution in [2.75, 3.05) is 20.6 Å². The Labute approximate surface area is 321 Å². The Hall–Kier alpha value is -3.44. The molecule has 0 bridgehead atoms. The van der Waals surface area contributed by atoms with Crippen LogP contribution in [0.1, 0.15) is 128 Å². The number of hydrogen-bond donors (Lipinski definition) is 1. The maximum Gasteiger partial charge on any atom is 0.303 e. The van der Waals surface area contributed by atoms with Crippen molar-refractivity contribution in [1.82, 2.24) is 20.1 Å². The minimum Gasteiger partial charge on any atom is -0.455 e. The normalized spacial score (nSPS) is 19.4. The third-order valence-corrected chi connectivity index (χ3v) is 12.2. The summed E-state index contributed by atoms with van der Waals surface area (Å²) in [6.45, 7) is 18.2. The molecule has 2 aromatic rings. The van der Waals surface area contributed by atoms with Crippen molar-refractivity contribution in [3.05, 3.63) is 52.0 Å². The number of rotatable bonds is 19. The van der Waals surface area contributed by atoms with Crippen molar-refractivity contribution < 1.29 is 28.7 Å². The number of likely N-dealkylation sites (tertiary alicyclic amines) is 1. The second-order valence-corrected chi connectivity index (χ2v) is 17.4. The largest absolute Gasteiger partial charge is 0.455 e. The van der Waals surface area contributed by atoms with E-state index in [0.29, 0.717) is 17.8 Å². The zero-order valence-electron chi connectivity index (χ0n) is 33.9. The Morgan fingerprint density at radius 1 is 1.06 bits per heavy atom. The molecular weight excluding hydrogens is 689 g/mol. The predicted molar refractivity (Wildman–Crippen MR) is 210 cm³/mol. The van der Waals surface area contributed by atoms with E-state index in [9.17, 15) is 24.0 Å². The Bertz CT molecular complexity index is 1540. The number of Topliss-reactive ketones (excluding diaryl/α,β-unsaturated/α-hetero) is 2. The van der Waals surface area contributed by atoms with Crippen LogP contribution in [0.3, 0.4) is 0 Å². The van der Waals surface area contributed by atoms with Crippen molar-refractivity contribution >= 4 is 40.7 Å². The molecule has 0 radical (unpaired) electrons. The molecule has 2 heterocycles. The number of nitrogens with one attached hydrogen (secondary N) is 1. The van der Waals surface area contributed by atoms with E-state index in [0.717, 1.165) is 31.4 Å². The zero-order chi connectivity index (χ0) is 39.6. The Balaban J connectivity index is 1.82. The maximum atomic E-state index is 14.4. The van der Waals surface area contributed by atoms with Gasteiger partial charge in [0.05, 0.1) is 6.04 Å². The van der Waals surface area contributed by atoms with Gasteiger partial charge in [-0.3, -0.25) is 28.9 Å². The number of likely N-dealkylation sites (N-methyl/N-ethyl adjacent to an activating group) is 1. The van der Waals surface area contributed by atoms with Gasteiger partial charge >= 0.3 is 5.97 Å². The summed E-state index contributed by atoms with van der Waals surface area (Å²) < 4.78 is 5.83. The molecule has 1 aromatic heterocycles. The fraction of sp³-hybridized carbons (Fsp3) is 0.667. The molecule has 0 spiro atoms. The number of ether oxygens (including phenoxy) is 1. The minimum absolute atomic E-state index is 0.00271. The van der Waals surface area contributed by atoms with E-state index in [1.807, 2.05) is 72.0 Å². The first-order chi connectivity index (χ1) is 24.8. The molecular formula is C42H64N4O6S. The van der Waals surface area contributed by atoms with Crippen molar-refractivity contribution in [1.29, 1.82) is 0 Å². The molecule has 7 atom stereocenters. The number of aromatic nitrogens is 1. The van der Waals surface area contributed by atoms with Crippen LogP contribution in [-0.2, 0) is 30.3 Å². The van der Waals surface area contributed by atoms with Crippen LogP contribution >= 0.6 is 11.3 Å². The van der Waals surface area contributed by atoms with Gasteiger partial charge in [-0.25, -0.2) is 4.98 Å². The van der Waals surface area contributed by atoms with Crippen LogP contribution in [0, 0.1) is 29.1 Å². The average Bonchev–Trinajstić information content (AvgIpc) is 3.60. The Kier molecular flexibility index (Phi) is 16.4. The number of carbonyl (C=O) groups excluding carboxylic acids is 5. The highest BCUT2D eigenvalue weighted by atomic mass is 32.1. The van der Waals surface area contributed by atoms with Gasteiger partial charge in [0.1, 0.15) is 16.5 Å². The lowest BCUT2D eigenvalue weighted by molar-refractivity contribution is -0.149. The highest BCUT2D eigenvalue weighted by Crippen LogP contribution is 2.36. The quantitative estimate of drug-likeness (QED) is 0.148. The summed E-state index contributed by atoms with van der Waals surface area (Å²) in [5.41, 5.74) is 1.32. The molecule has 3 rings (SSSR count). The molecule has 53 heavy (non-hydrogen) atoms. The summed E-state index contributed by atoms with van der Waals surface area (Å²) in [5, 5.41) is 5.21. The van der Waals surface area contributed by atoms with Crippen LogP contribution < -0.4 is 5.32 Å². The second-order valence-electron chi connectivity index (χ2n) is 16.5. The van der Waals surface area contributed by atoms with Crippen molar-refractivity contribution in [2.45, 2.75) is 131 Å². The van der Waals surface area contributed by atoms with Crippen LogP contribution in [0.4, 0.5) is 0 Å². The van der Waals surface area contributed by atoms with Gasteiger partial charge in [0.15, 0.2) is 11.9 Å². The monoisotopic (exact) mass is 752 g/mol. The fourth-order valence-corrected chi connectivity index (χ4v) is 8.19. The Morgan fingerprint density at radius 2 is 1.72 bits per heavy atom. The lowest BCUT2D eigenvalue weighted by Gasteiger charge is -2.42. The number of amides is 2. The molecule has 11 heteroatoms. The lowest BCUT2D eigenvalue weighted by atomic mass is 9.76. The molecule has 10 nitrogen and oxygen atoms in total. The zero-order valence-corrected chi connectivity index (χ0v) is 34.8. The lowest BCUT2D eigenvalue weighted by Crippen LogP contribution is -2.50. The summed E-state index contributed by atoms with van der Waals surface area (Å²) in [6, 6.07) is 8.98. The van der Waals surface area contributed by atoms with Crippen LogP contribution in [0.25, 0.3) is 0 Å². The van der Waals surface area contributed by atoms with Gasteiger partial charge in [0, 0.05) is 56.1 Å². The van der Waals surface area contributed by atoms with E-state index in [4.69, 9.17) is 4.74 Å². The van der Waals surface area contributed by atoms with Gasteiger partial charge in [0.2, 0.25) is 5.91 Å². The molecule has 1 aromatic carbocycles. The summed E-state index contributed by atoms with van der Waals surface area (Å²) >= 11 is 1.23. The molecule has 0 unspecified atom stereocenters.